The van der Waals surface area contributed by atoms with E-state index >= 15 is 0 Å². The largest absolute Gasteiger partial charge is 0.508 e. The van der Waals surface area contributed by atoms with E-state index in [0.29, 0.717) is 22.4 Å². The number of aromatic nitrogens is 2. The summed E-state index contributed by atoms with van der Waals surface area (Å²) in [6.45, 7) is 0. The molecule has 0 atom stereocenters. The molecule has 1 heterocycles. The number of nitrogens with zero attached hydrogens (tertiary/aromatic N) is 1. The molecular formula is C14H10F3N3O. The maximum atomic E-state index is 12.6. The van der Waals surface area contributed by atoms with Crippen LogP contribution in [0.4, 0.5) is 18.9 Å². The summed E-state index contributed by atoms with van der Waals surface area (Å²) in [6, 6.07) is 7.66. The van der Waals surface area contributed by atoms with E-state index in [2.05, 4.69) is 9.97 Å². The Morgan fingerprint density at radius 3 is 2.52 bits per heavy atom. The van der Waals surface area contributed by atoms with Gasteiger partial charge in [-0.1, -0.05) is 0 Å². The molecule has 0 unspecified atom stereocenters. The Bertz CT molecular complexity index is 824. The minimum atomic E-state index is -4.44. The first-order valence-electron chi connectivity index (χ1n) is 6.00. The molecule has 0 spiro atoms. The van der Waals surface area contributed by atoms with Crippen molar-refractivity contribution < 1.29 is 18.3 Å². The zero-order valence-electron chi connectivity index (χ0n) is 10.6. The lowest BCUT2D eigenvalue weighted by atomic mass is 10.1. The zero-order valence-corrected chi connectivity index (χ0v) is 10.6. The fourth-order valence-corrected chi connectivity index (χ4v) is 2.08. The van der Waals surface area contributed by atoms with Crippen molar-refractivity contribution in [3.05, 3.63) is 42.0 Å². The summed E-state index contributed by atoms with van der Waals surface area (Å²) in [5, 5.41) is 9.39. The highest BCUT2D eigenvalue weighted by molar-refractivity contribution is 5.83. The summed E-state index contributed by atoms with van der Waals surface area (Å²) < 4.78 is 37.8. The molecule has 4 nitrogen and oxygen atoms in total. The van der Waals surface area contributed by atoms with Crippen molar-refractivity contribution in [3.63, 3.8) is 0 Å². The van der Waals surface area contributed by atoms with E-state index < -0.39 is 11.7 Å². The molecule has 21 heavy (non-hydrogen) atoms. The molecule has 0 bridgehead atoms. The third-order valence-corrected chi connectivity index (χ3v) is 3.10. The first-order chi connectivity index (χ1) is 9.84. The Morgan fingerprint density at radius 1 is 1.10 bits per heavy atom. The number of benzene rings is 2. The number of hydrogen-bond acceptors (Lipinski definition) is 3. The molecule has 3 rings (SSSR count). The van der Waals surface area contributed by atoms with E-state index in [0.717, 1.165) is 12.1 Å². The number of fused-ring (bicyclic) bond motifs is 1. The molecule has 0 aliphatic heterocycles. The number of phenolic OH excluding ortho intramolecular Hbond substituents is 1. The maximum absolute atomic E-state index is 12.6. The van der Waals surface area contributed by atoms with E-state index in [4.69, 9.17) is 5.73 Å². The minimum absolute atomic E-state index is 0.0203. The Kier molecular flexibility index (Phi) is 2.79. The highest BCUT2D eigenvalue weighted by atomic mass is 19.4. The molecule has 4 N–H and O–H groups in total. The van der Waals surface area contributed by atoms with Crippen molar-refractivity contribution in [2.24, 2.45) is 0 Å². The Labute approximate surface area is 117 Å². The molecule has 0 saturated carbocycles. The van der Waals surface area contributed by atoms with Crippen LogP contribution in [0.5, 0.6) is 5.75 Å². The smallest absolute Gasteiger partial charge is 0.416 e. The minimum Gasteiger partial charge on any atom is -0.508 e. The normalized spacial score (nSPS) is 12.0. The van der Waals surface area contributed by atoms with Gasteiger partial charge in [-0.2, -0.15) is 13.2 Å². The van der Waals surface area contributed by atoms with Crippen LogP contribution in [0.3, 0.4) is 0 Å². The molecule has 1 aromatic heterocycles. The number of H-pyrrole nitrogens is 1. The molecule has 0 radical (unpaired) electrons. The number of nitrogen functional groups attached to an aromatic ring is 1. The summed E-state index contributed by atoms with van der Waals surface area (Å²) in [5.41, 5.74) is 6.40. The van der Waals surface area contributed by atoms with Crippen LogP contribution in [0.15, 0.2) is 36.4 Å². The predicted octanol–water partition coefficient (Wildman–Crippen LogP) is 3.54. The Hall–Kier alpha value is -2.70. The number of alkyl halides is 3. The van der Waals surface area contributed by atoms with Gasteiger partial charge in [-0.15, -0.1) is 0 Å². The topological polar surface area (TPSA) is 74.9 Å². The summed E-state index contributed by atoms with van der Waals surface area (Å²) in [7, 11) is 0. The van der Waals surface area contributed by atoms with Crippen LogP contribution < -0.4 is 5.73 Å². The van der Waals surface area contributed by atoms with Crippen molar-refractivity contribution in [2.45, 2.75) is 6.18 Å². The first-order valence-corrected chi connectivity index (χ1v) is 6.00. The van der Waals surface area contributed by atoms with Gasteiger partial charge in [-0.25, -0.2) is 4.98 Å². The van der Waals surface area contributed by atoms with Crippen LogP contribution >= 0.6 is 0 Å². The molecule has 0 aliphatic rings. The summed E-state index contributed by atoms with van der Waals surface area (Å²) in [5.74, 6) is 0.417. The second kappa shape index (κ2) is 4.41. The predicted molar refractivity (Wildman–Crippen MR) is 72.6 cm³/mol. The van der Waals surface area contributed by atoms with Gasteiger partial charge in [0, 0.05) is 17.3 Å². The van der Waals surface area contributed by atoms with E-state index in [1.807, 2.05) is 0 Å². The summed E-state index contributed by atoms with van der Waals surface area (Å²) in [4.78, 5) is 7.17. The fraction of sp³-hybridized carbons (Fsp3) is 0.0714. The number of imidazole rings is 1. The summed E-state index contributed by atoms with van der Waals surface area (Å²) >= 11 is 0. The van der Waals surface area contributed by atoms with Crippen LogP contribution in [0.25, 0.3) is 22.4 Å². The molecular weight excluding hydrogens is 283 g/mol. The number of hydrogen-bond donors (Lipinski definition) is 3. The lowest BCUT2D eigenvalue weighted by Gasteiger charge is -2.09. The third-order valence-electron chi connectivity index (χ3n) is 3.10. The number of halogens is 3. The van der Waals surface area contributed by atoms with Gasteiger partial charge in [0.25, 0.3) is 0 Å². The van der Waals surface area contributed by atoms with Gasteiger partial charge in [-0.3, -0.25) is 0 Å². The van der Waals surface area contributed by atoms with Crippen molar-refractivity contribution in [1.29, 1.82) is 0 Å². The molecule has 7 heteroatoms. The van der Waals surface area contributed by atoms with Crippen LogP contribution in [0.2, 0.25) is 0 Å². The molecule has 0 saturated heterocycles. The van der Waals surface area contributed by atoms with Gasteiger partial charge in [0.1, 0.15) is 11.6 Å². The quantitative estimate of drug-likeness (QED) is 0.601. The first kappa shape index (κ1) is 13.3. The van der Waals surface area contributed by atoms with Crippen molar-refractivity contribution in [2.75, 3.05) is 5.73 Å². The Balaban J connectivity index is 2.10. The van der Waals surface area contributed by atoms with E-state index in [1.54, 1.807) is 6.07 Å². The van der Waals surface area contributed by atoms with E-state index in [9.17, 15) is 18.3 Å². The number of nitrogens with one attached hydrogen (secondary N) is 1. The lowest BCUT2D eigenvalue weighted by Crippen LogP contribution is -2.06. The number of aromatic amines is 1. The van der Waals surface area contributed by atoms with Crippen LogP contribution in [-0.4, -0.2) is 15.1 Å². The number of nitrogens with two attached hydrogens (primary N) is 1. The molecule has 2 aromatic carbocycles. The van der Waals surface area contributed by atoms with Gasteiger partial charge < -0.3 is 15.8 Å². The zero-order chi connectivity index (χ0) is 15.2. The highest BCUT2D eigenvalue weighted by Gasteiger charge is 2.31. The SMILES string of the molecule is Nc1cc(C(F)(F)F)ccc1-c1nc2ccc(O)cc2[nH]1. The van der Waals surface area contributed by atoms with Crippen LogP contribution in [0, 0.1) is 0 Å². The number of rotatable bonds is 1. The standard InChI is InChI=1S/C14H10F3N3O/c15-14(16,17)7-1-3-9(10(18)5-7)13-19-11-4-2-8(21)6-12(11)20-13/h1-6,21H,18H2,(H,19,20). The molecule has 3 aromatic rings. The fourth-order valence-electron chi connectivity index (χ4n) is 2.08. The monoisotopic (exact) mass is 293 g/mol. The van der Waals surface area contributed by atoms with Crippen molar-refractivity contribution in [1.82, 2.24) is 9.97 Å². The average molecular weight is 293 g/mol. The third kappa shape index (κ3) is 2.37. The number of anilines is 1. The number of phenols is 1. The maximum Gasteiger partial charge on any atom is 0.416 e. The average Bonchev–Trinajstić information content (AvgIpc) is 2.80. The van der Waals surface area contributed by atoms with Gasteiger partial charge >= 0.3 is 6.18 Å². The lowest BCUT2D eigenvalue weighted by molar-refractivity contribution is -0.137. The Morgan fingerprint density at radius 2 is 1.86 bits per heavy atom. The van der Waals surface area contributed by atoms with Crippen LogP contribution in [-0.2, 0) is 6.18 Å². The molecule has 0 fully saturated rings. The van der Waals surface area contributed by atoms with E-state index in [-0.39, 0.29) is 11.4 Å². The van der Waals surface area contributed by atoms with Crippen LogP contribution in [0.1, 0.15) is 5.56 Å². The molecule has 108 valence electrons. The second-order valence-electron chi connectivity index (χ2n) is 4.59. The molecule has 0 aliphatic carbocycles. The molecule has 0 amide bonds. The van der Waals surface area contributed by atoms with Gasteiger partial charge in [-0.05, 0) is 30.3 Å². The van der Waals surface area contributed by atoms with Gasteiger partial charge in [0.15, 0.2) is 0 Å². The van der Waals surface area contributed by atoms with Gasteiger partial charge in [0.2, 0.25) is 0 Å². The van der Waals surface area contributed by atoms with Gasteiger partial charge in [0.05, 0.1) is 16.6 Å². The van der Waals surface area contributed by atoms with E-state index in [1.165, 1.54) is 18.2 Å². The number of aromatic hydroxyl groups is 1. The van der Waals surface area contributed by atoms with Crippen molar-refractivity contribution in [3.8, 4) is 17.1 Å². The highest BCUT2D eigenvalue weighted by Crippen LogP contribution is 2.34. The summed E-state index contributed by atoms with van der Waals surface area (Å²) in [6.07, 6.45) is -4.44. The van der Waals surface area contributed by atoms with Crippen molar-refractivity contribution >= 4 is 16.7 Å². The second-order valence-corrected chi connectivity index (χ2v) is 4.59.